The first-order valence-corrected chi connectivity index (χ1v) is 12.2. The molecule has 4 rings (SSSR count). The topological polar surface area (TPSA) is 126 Å². The average Bonchev–Trinajstić information content (AvgIpc) is 3.36. The molecule has 4 aromatic rings. The first kappa shape index (κ1) is 28.6. The largest absolute Gasteiger partial charge is 0.494 e. The highest BCUT2D eigenvalue weighted by Gasteiger charge is 2.34. The molecule has 3 N–H and O–H groups in total. The van der Waals surface area contributed by atoms with Gasteiger partial charge in [-0.25, -0.2) is 14.4 Å². The van der Waals surface area contributed by atoms with Crippen LogP contribution in [0.1, 0.15) is 54.3 Å². The Hall–Kier alpha value is -4.39. The zero-order valence-corrected chi connectivity index (χ0v) is 21.6. The fourth-order valence-electron chi connectivity index (χ4n) is 3.82. The van der Waals surface area contributed by atoms with Crippen molar-refractivity contribution in [1.29, 1.82) is 0 Å². The molecule has 210 valence electrons. The van der Waals surface area contributed by atoms with Crippen LogP contribution in [0.15, 0.2) is 54.9 Å². The van der Waals surface area contributed by atoms with Crippen LogP contribution >= 0.6 is 0 Å². The van der Waals surface area contributed by atoms with E-state index in [1.54, 1.807) is 32.0 Å². The van der Waals surface area contributed by atoms with Gasteiger partial charge in [0.2, 0.25) is 5.82 Å². The number of halogens is 4. The van der Waals surface area contributed by atoms with Crippen LogP contribution in [0.2, 0.25) is 0 Å². The third-order valence-electron chi connectivity index (χ3n) is 5.75. The number of aromatic nitrogens is 5. The highest BCUT2D eigenvalue weighted by molar-refractivity contribution is 6.01. The summed E-state index contributed by atoms with van der Waals surface area (Å²) in [6.07, 6.45) is -2.65. The average molecular weight is 559 g/mol. The Bertz CT molecular complexity index is 1480. The molecule has 2 aromatic carbocycles. The lowest BCUT2D eigenvalue weighted by Crippen LogP contribution is -2.19. The highest BCUT2D eigenvalue weighted by Crippen LogP contribution is 2.38. The van der Waals surface area contributed by atoms with E-state index in [0.717, 1.165) is 12.4 Å². The molecule has 9 nitrogen and oxygen atoms in total. The number of ether oxygens (including phenoxy) is 1. The summed E-state index contributed by atoms with van der Waals surface area (Å²) in [5.74, 6) is -1.02. The molecule has 0 saturated carbocycles. The Morgan fingerprint density at radius 1 is 1.07 bits per heavy atom. The van der Waals surface area contributed by atoms with Gasteiger partial charge in [0.1, 0.15) is 29.5 Å². The second-order valence-electron chi connectivity index (χ2n) is 9.60. The van der Waals surface area contributed by atoms with E-state index in [-0.39, 0.29) is 47.5 Å². The van der Waals surface area contributed by atoms with E-state index >= 15 is 0 Å². The Kier molecular flexibility index (Phi) is 8.43. The van der Waals surface area contributed by atoms with Crippen LogP contribution < -0.4 is 10.1 Å². The Morgan fingerprint density at radius 2 is 1.85 bits per heavy atom. The molecule has 0 saturated heterocycles. The first-order valence-electron chi connectivity index (χ1n) is 12.2. The monoisotopic (exact) mass is 558 g/mol. The van der Waals surface area contributed by atoms with Crippen molar-refractivity contribution in [1.82, 2.24) is 25.1 Å². The zero-order chi connectivity index (χ0) is 28.9. The van der Waals surface area contributed by atoms with Crippen LogP contribution in [0.3, 0.4) is 0 Å². The number of amides is 1. The van der Waals surface area contributed by atoms with Crippen LogP contribution in [0.4, 0.5) is 23.4 Å². The quantitative estimate of drug-likeness (QED) is 0.181. The maximum atomic E-state index is 13.9. The van der Waals surface area contributed by atoms with Crippen molar-refractivity contribution in [3.8, 4) is 17.0 Å². The molecule has 2 aromatic heterocycles. The van der Waals surface area contributed by atoms with E-state index in [4.69, 9.17) is 4.74 Å². The standard InChI is InChI=1S/C27H26F4N6O3/c1-26(2,39)10-5-11-40-17-8-9-19(27(29,30)31)18(13-17)21-14-22(33-15-32-21)35-25(38)24-34-23(36-37-24)12-16-6-3-4-7-20(16)28/h3-4,6-9,13-15,39H,5,10-12H2,1-2H3,(H,34,36,37)(H,32,33,35,38). The summed E-state index contributed by atoms with van der Waals surface area (Å²) in [7, 11) is 0. The van der Waals surface area contributed by atoms with E-state index in [9.17, 15) is 27.5 Å². The Labute approximate surface area is 226 Å². The SMILES string of the molecule is CC(C)(O)CCCOc1ccc(C(F)(F)F)c(-c2cc(NC(=O)c3nnc(Cc4ccccc4F)[nH]3)ncn2)c1. The van der Waals surface area contributed by atoms with Gasteiger partial charge in [-0.05, 0) is 56.5 Å². The minimum atomic E-state index is -4.68. The van der Waals surface area contributed by atoms with E-state index in [1.165, 1.54) is 24.3 Å². The van der Waals surface area contributed by atoms with Crippen molar-refractivity contribution in [2.24, 2.45) is 0 Å². The molecule has 2 heterocycles. The first-order chi connectivity index (χ1) is 18.9. The summed E-state index contributed by atoms with van der Waals surface area (Å²) in [4.78, 5) is 23.3. The van der Waals surface area contributed by atoms with Crippen LogP contribution in [-0.2, 0) is 12.6 Å². The maximum Gasteiger partial charge on any atom is 0.417 e. The lowest BCUT2D eigenvalue weighted by Gasteiger charge is -2.17. The lowest BCUT2D eigenvalue weighted by molar-refractivity contribution is -0.137. The smallest absolute Gasteiger partial charge is 0.417 e. The number of benzene rings is 2. The second kappa shape index (κ2) is 11.8. The van der Waals surface area contributed by atoms with Gasteiger partial charge in [-0.15, -0.1) is 10.2 Å². The van der Waals surface area contributed by atoms with Crippen molar-refractivity contribution >= 4 is 11.7 Å². The molecule has 0 unspecified atom stereocenters. The number of aliphatic hydroxyl groups is 1. The molecule has 0 atom stereocenters. The third-order valence-corrected chi connectivity index (χ3v) is 5.75. The van der Waals surface area contributed by atoms with Crippen LogP contribution in [0.5, 0.6) is 5.75 Å². The number of carbonyl (C=O) groups is 1. The molecular weight excluding hydrogens is 532 g/mol. The molecular formula is C27H26F4N6O3. The molecule has 0 aliphatic heterocycles. The number of nitrogens with one attached hydrogen (secondary N) is 2. The minimum Gasteiger partial charge on any atom is -0.494 e. The van der Waals surface area contributed by atoms with E-state index < -0.39 is 29.1 Å². The molecule has 13 heteroatoms. The number of anilines is 1. The molecule has 0 aliphatic rings. The van der Waals surface area contributed by atoms with Crippen LogP contribution in [-0.4, -0.2) is 48.4 Å². The molecule has 1 amide bonds. The molecule has 0 fully saturated rings. The van der Waals surface area contributed by atoms with Crippen molar-refractivity contribution in [2.45, 2.75) is 44.9 Å². The maximum absolute atomic E-state index is 13.9. The van der Waals surface area contributed by atoms with Gasteiger partial charge in [-0.2, -0.15) is 13.2 Å². The van der Waals surface area contributed by atoms with Gasteiger partial charge >= 0.3 is 6.18 Å². The van der Waals surface area contributed by atoms with Gasteiger partial charge in [0, 0.05) is 18.1 Å². The summed E-state index contributed by atoms with van der Waals surface area (Å²) >= 11 is 0. The highest BCUT2D eigenvalue weighted by atomic mass is 19.4. The number of H-pyrrole nitrogens is 1. The number of carbonyl (C=O) groups excluding carboxylic acids is 1. The summed E-state index contributed by atoms with van der Waals surface area (Å²) < 4.78 is 60.9. The van der Waals surface area contributed by atoms with E-state index in [1.807, 2.05) is 0 Å². The van der Waals surface area contributed by atoms with Crippen molar-refractivity contribution in [3.05, 3.63) is 83.5 Å². The number of hydrogen-bond donors (Lipinski definition) is 3. The zero-order valence-electron chi connectivity index (χ0n) is 21.6. The fraction of sp³-hybridized carbons (Fsp3) is 0.296. The van der Waals surface area contributed by atoms with Gasteiger partial charge in [0.15, 0.2) is 0 Å². The van der Waals surface area contributed by atoms with Gasteiger partial charge < -0.3 is 20.1 Å². The van der Waals surface area contributed by atoms with E-state index in [2.05, 4.69) is 30.5 Å². The number of rotatable bonds is 10. The number of hydrogen-bond acceptors (Lipinski definition) is 7. The van der Waals surface area contributed by atoms with Gasteiger partial charge in [0.05, 0.1) is 23.5 Å². The second-order valence-corrected chi connectivity index (χ2v) is 9.60. The van der Waals surface area contributed by atoms with E-state index in [0.29, 0.717) is 18.4 Å². The summed E-state index contributed by atoms with van der Waals surface area (Å²) in [6, 6.07) is 10.6. The summed E-state index contributed by atoms with van der Waals surface area (Å²) in [5, 5.41) is 19.9. The van der Waals surface area contributed by atoms with Gasteiger partial charge in [-0.3, -0.25) is 4.79 Å². The predicted molar refractivity (Wildman–Crippen MR) is 137 cm³/mol. The van der Waals surface area contributed by atoms with Gasteiger partial charge in [0.25, 0.3) is 5.91 Å². The minimum absolute atomic E-state index is 0.0704. The third kappa shape index (κ3) is 7.59. The lowest BCUT2D eigenvalue weighted by atomic mass is 10.0. The summed E-state index contributed by atoms with van der Waals surface area (Å²) in [6.45, 7) is 3.50. The van der Waals surface area contributed by atoms with Crippen molar-refractivity contribution in [3.63, 3.8) is 0 Å². The predicted octanol–water partition coefficient (Wildman–Crippen LogP) is 5.19. The molecule has 0 spiro atoms. The number of aromatic amines is 1. The van der Waals surface area contributed by atoms with Crippen molar-refractivity contribution in [2.75, 3.05) is 11.9 Å². The van der Waals surface area contributed by atoms with Crippen LogP contribution in [0.25, 0.3) is 11.3 Å². The Balaban J connectivity index is 1.51. The molecule has 40 heavy (non-hydrogen) atoms. The molecule has 0 aliphatic carbocycles. The number of alkyl halides is 3. The molecule has 0 radical (unpaired) electrons. The molecule has 0 bridgehead atoms. The van der Waals surface area contributed by atoms with Crippen LogP contribution in [0, 0.1) is 5.82 Å². The normalized spacial score (nSPS) is 11.9. The van der Waals surface area contributed by atoms with Gasteiger partial charge in [-0.1, -0.05) is 18.2 Å². The summed E-state index contributed by atoms with van der Waals surface area (Å²) in [5.41, 5.74) is -1.84. The van der Waals surface area contributed by atoms with Crippen molar-refractivity contribution < 1.29 is 32.2 Å². The number of nitrogens with zero attached hydrogens (tertiary/aromatic N) is 4. The Morgan fingerprint density at radius 3 is 2.58 bits per heavy atom. The fourth-order valence-corrected chi connectivity index (χ4v) is 3.82.